The minimum Gasteiger partial charge on any atom is -0.309 e. The van der Waals surface area contributed by atoms with Gasteiger partial charge in [-0.2, -0.15) is 0 Å². The maximum atomic E-state index is 3.71. The quantitative estimate of drug-likeness (QED) is 0.817. The van der Waals surface area contributed by atoms with Gasteiger partial charge in [-0.1, -0.05) is 20.3 Å². The third-order valence-corrected chi connectivity index (χ3v) is 4.98. The number of rotatable bonds is 5. The number of thiophene rings is 1. The van der Waals surface area contributed by atoms with Crippen molar-refractivity contribution in [2.75, 3.05) is 0 Å². The Morgan fingerprint density at radius 1 is 1.25 bits per heavy atom. The van der Waals surface area contributed by atoms with Crippen molar-refractivity contribution in [3.8, 4) is 0 Å². The van der Waals surface area contributed by atoms with Crippen LogP contribution in [-0.4, -0.2) is 6.04 Å². The first kappa shape index (κ1) is 12.1. The van der Waals surface area contributed by atoms with E-state index in [9.17, 15) is 0 Å². The summed E-state index contributed by atoms with van der Waals surface area (Å²) in [5, 5.41) is 3.71. The maximum absolute atomic E-state index is 3.71. The van der Waals surface area contributed by atoms with Crippen molar-refractivity contribution in [1.29, 1.82) is 0 Å². The standard InChI is InChI=1S/C14H23NS/c1-3-11-5-6-12(9-11)15-10-14-8-7-13(4-2)16-14/h7-8,11-12,15H,3-6,9-10H2,1-2H3. The fourth-order valence-corrected chi connectivity index (χ4v) is 3.49. The minimum atomic E-state index is 0.775. The molecule has 0 bridgehead atoms. The average molecular weight is 237 g/mol. The van der Waals surface area contributed by atoms with Gasteiger partial charge in [0.25, 0.3) is 0 Å². The van der Waals surface area contributed by atoms with Crippen LogP contribution in [0.5, 0.6) is 0 Å². The molecule has 0 aliphatic heterocycles. The lowest BCUT2D eigenvalue weighted by Gasteiger charge is -2.11. The van der Waals surface area contributed by atoms with Gasteiger partial charge >= 0.3 is 0 Å². The third-order valence-electron chi connectivity index (χ3n) is 3.75. The Morgan fingerprint density at radius 2 is 2.06 bits per heavy atom. The molecule has 2 rings (SSSR count). The van der Waals surface area contributed by atoms with Gasteiger partial charge in [0.05, 0.1) is 0 Å². The largest absolute Gasteiger partial charge is 0.309 e. The zero-order chi connectivity index (χ0) is 11.4. The summed E-state index contributed by atoms with van der Waals surface area (Å²) < 4.78 is 0. The summed E-state index contributed by atoms with van der Waals surface area (Å²) in [5.74, 6) is 0.979. The lowest BCUT2D eigenvalue weighted by Crippen LogP contribution is -2.25. The molecule has 1 saturated carbocycles. The highest BCUT2D eigenvalue weighted by Crippen LogP contribution is 2.28. The molecule has 2 atom stereocenters. The van der Waals surface area contributed by atoms with Crippen molar-refractivity contribution in [1.82, 2.24) is 5.32 Å². The van der Waals surface area contributed by atoms with Gasteiger partial charge in [0, 0.05) is 22.3 Å². The highest BCUT2D eigenvalue weighted by atomic mass is 32.1. The van der Waals surface area contributed by atoms with E-state index in [2.05, 4.69) is 31.3 Å². The molecule has 90 valence electrons. The van der Waals surface area contributed by atoms with E-state index >= 15 is 0 Å². The summed E-state index contributed by atoms with van der Waals surface area (Å²) in [7, 11) is 0. The molecule has 0 aromatic carbocycles. The first-order chi connectivity index (χ1) is 7.81. The Labute approximate surface area is 103 Å². The van der Waals surface area contributed by atoms with Gasteiger partial charge in [-0.05, 0) is 43.7 Å². The molecule has 0 radical (unpaired) electrons. The Morgan fingerprint density at radius 3 is 2.69 bits per heavy atom. The van der Waals surface area contributed by atoms with Crippen LogP contribution in [0.1, 0.15) is 49.3 Å². The Balaban J connectivity index is 1.75. The SMILES string of the molecule is CCc1ccc(CNC2CCC(CC)C2)s1. The highest BCUT2D eigenvalue weighted by molar-refractivity contribution is 7.11. The van der Waals surface area contributed by atoms with Crippen LogP contribution in [-0.2, 0) is 13.0 Å². The highest BCUT2D eigenvalue weighted by Gasteiger charge is 2.22. The molecule has 1 nitrogen and oxygen atoms in total. The van der Waals surface area contributed by atoms with Crippen LogP contribution in [0.3, 0.4) is 0 Å². The first-order valence-electron chi connectivity index (χ1n) is 6.62. The fourth-order valence-electron chi connectivity index (χ4n) is 2.58. The molecule has 1 aliphatic rings. The predicted octanol–water partition coefficient (Wildman–Crippen LogP) is 3.98. The van der Waals surface area contributed by atoms with Gasteiger partial charge in [0.15, 0.2) is 0 Å². The second-order valence-corrected chi connectivity index (χ2v) is 6.14. The molecule has 1 aromatic rings. The van der Waals surface area contributed by atoms with Crippen molar-refractivity contribution in [3.63, 3.8) is 0 Å². The molecule has 0 spiro atoms. The molecule has 16 heavy (non-hydrogen) atoms. The second kappa shape index (κ2) is 5.83. The lowest BCUT2D eigenvalue weighted by atomic mass is 10.1. The monoisotopic (exact) mass is 237 g/mol. The molecule has 0 amide bonds. The molecule has 1 N–H and O–H groups in total. The van der Waals surface area contributed by atoms with E-state index in [4.69, 9.17) is 0 Å². The number of hydrogen-bond acceptors (Lipinski definition) is 2. The second-order valence-electron chi connectivity index (χ2n) is 4.89. The van der Waals surface area contributed by atoms with E-state index in [1.165, 1.54) is 41.9 Å². The van der Waals surface area contributed by atoms with Crippen molar-refractivity contribution in [2.24, 2.45) is 5.92 Å². The Hall–Kier alpha value is -0.340. The zero-order valence-electron chi connectivity index (χ0n) is 10.5. The van der Waals surface area contributed by atoms with Crippen molar-refractivity contribution in [2.45, 2.75) is 58.5 Å². The van der Waals surface area contributed by atoms with E-state index in [1.54, 1.807) is 0 Å². The molecule has 1 fully saturated rings. The summed E-state index contributed by atoms with van der Waals surface area (Å²) >= 11 is 1.96. The van der Waals surface area contributed by atoms with Gasteiger partial charge in [0.1, 0.15) is 0 Å². The number of nitrogens with one attached hydrogen (secondary N) is 1. The van der Waals surface area contributed by atoms with Crippen molar-refractivity contribution in [3.05, 3.63) is 21.9 Å². The summed E-state index contributed by atoms with van der Waals surface area (Å²) in [5.41, 5.74) is 0. The molecule has 1 heterocycles. The zero-order valence-corrected chi connectivity index (χ0v) is 11.3. The normalized spacial score (nSPS) is 25.1. The van der Waals surface area contributed by atoms with E-state index in [0.29, 0.717) is 0 Å². The molecule has 2 heteroatoms. The van der Waals surface area contributed by atoms with Crippen LogP contribution < -0.4 is 5.32 Å². The first-order valence-corrected chi connectivity index (χ1v) is 7.44. The van der Waals surface area contributed by atoms with E-state index in [0.717, 1.165) is 18.5 Å². The lowest BCUT2D eigenvalue weighted by molar-refractivity contribution is 0.478. The third kappa shape index (κ3) is 3.08. The van der Waals surface area contributed by atoms with Crippen LogP contribution in [0.2, 0.25) is 0 Å². The predicted molar refractivity (Wildman–Crippen MR) is 72.0 cm³/mol. The molecule has 1 aromatic heterocycles. The summed E-state index contributed by atoms with van der Waals surface area (Å²) in [6, 6.07) is 5.32. The van der Waals surface area contributed by atoms with Crippen LogP contribution in [0.15, 0.2) is 12.1 Å². The van der Waals surface area contributed by atoms with Crippen LogP contribution >= 0.6 is 11.3 Å². The van der Waals surface area contributed by atoms with Gasteiger partial charge in [0.2, 0.25) is 0 Å². The molecule has 1 aliphatic carbocycles. The Kier molecular flexibility index (Phi) is 4.42. The summed E-state index contributed by atoms with van der Waals surface area (Å²) in [4.78, 5) is 3.01. The minimum absolute atomic E-state index is 0.775. The van der Waals surface area contributed by atoms with E-state index < -0.39 is 0 Å². The average Bonchev–Trinajstić information content (AvgIpc) is 2.95. The van der Waals surface area contributed by atoms with E-state index in [-0.39, 0.29) is 0 Å². The smallest absolute Gasteiger partial charge is 0.0302 e. The molecule has 2 unspecified atom stereocenters. The molecular formula is C14H23NS. The number of aryl methyl sites for hydroxylation is 1. The van der Waals surface area contributed by atoms with Gasteiger partial charge in [-0.25, -0.2) is 0 Å². The summed E-state index contributed by atoms with van der Waals surface area (Å²) in [6.07, 6.45) is 6.73. The van der Waals surface area contributed by atoms with Crippen LogP contribution in [0, 0.1) is 5.92 Å². The molecular weight excluding hydrogens is 214 g/mol. The summed E-state index contributed by atoms with van der Waals surface area (Å²) in [6.45, 7) is 5.62. The molecule has 0 saturated heterocycles. The maximum Gasteiger partial charge on any atom is 0.0302 e. The van der Waals surface area contributed by atoms with Crippen molar-refractivity contribution >= 4 is 11.3 Å². The Bertz CT molecular complexity index is 318. The topological polar surface area (TPSA) is 12.0 Å². The van der Waals surface area contributed by atoms with Gasteiger partial charge in [-0.15, -0.1) is 11.3 Å². The van der Waals surface area contributed by atoms with Gasteiger partial charge < -0.3 is 5.32 Å². The van der Waals surface area contributed by atoms with Gasteiger partial charge in [-0.3, -0.25) is 0 Å². The van der Waals surface area contributed by atoms with E-state index in [1.807, 2.05) is 11.3 Å². The van der Waals surface area contributed by atoms with Crippen LogP contribution in [0.25, 0.3) is 0 Å². The number of hydrogen-bond donors (Lipinski definition) is 1. The van der Waals surface area contributed by atoms with Crippen LogP contribution in [0.4, 0.5) is 0 Å². The fraction of sp³-hybridized carbons (Fsp3) is 0.714. The van der Waals surface area contributed by atoms with Crippen molar-refractivity contribution < 1.29 is 0 Å².